The minimum atomic E-state index is 0.229. The first-order valence-corrected chi connectivity index (χ1v) is 8.55. The van der Waals surface area contributed by atoms with E-state index in [1.165, 1.54) is 18.4 Å². The number of nitrogens with two attached hydrogens (primary N) is 1. The zero-order chi connectivity index (χ0) is 16.7. The summed E-state index contributed by atoms with van der Waals surface area (Å²) in [6.07, 6.45) is 3.51. The van der Waals surface area contributed by atoms with E-state index in [0.717, 1.165) is 37.6 Å². The van der Waals surface area contributed by atoms with Crippen LogP contribution in [0.15, 0.2) is 18.2 Å². The monoisotopic (exact) mass is 321 g/mol. The Kier molecular flexibility index (Phi) is 7.15. The van der Waals surface area contributed by atoms with Crippen LogP contribution in [0.25, 0.3) is 0 Å². The lowest BCUT2D eigenvalue weighted by molar-refractivity contribution is 0.234. The molecule has 1 heterocycles. The molecule has 0 amide bonds. The molecule has 0 aliphatic carbocycles. The highest BCUT2D eigenvalue weighted by Gasteiger charge is 2.25. The van der Waals surface area contributed by atoms with Gasteiger partial charge in [0.25, 0.3) is 0 Å². The van der Waals surface area contributed by atoms with Gasteiger partial charge in [-0.05, 0) is 52.5 Å². The van der Waals surface area contributed by atoms with Crippen molar-refractivity contribution in [1.29, 1.82) is 0 Å². The molecule has 5 heteroatoms. The molecule has 23 heavy (non-hydrogen) atoms. The summed E-state index contributed by atoms with van der Waals surface area (Å²) in [7, 11) is 5.84. The molecule has 0 saturated carbocycles. The summed E-state index contributed by atoms with van der Waals surface area (Å²) in [6, 6.07) is 6.33. The van der Waals surface area contributed by atoms with Gasteiger partial charge >= 0.3 is 0 Å². The van der Waals surface area contributed by atoms with Gasteiger partial charge in [0.1, 0.15) is 11.5 Å². The van der Waals surface area contributed by atoms with Crippen molar-refractivity contribution in [2.24, 2.45) is 5.73 Å². The molecule has 1 aliphatic rings. The van der Waals surface area contributed by atoms with Crippen LogP contribution in [0.4, 0.5) is 0 Å². The van der Waals surface area contributed by atoms with Crippen molar-refractivity contribution < 1.29 is 9.47 Å². The molecular formula is C18H31N3O2. The molecule has 1 aliphatic heterocycles. The van der Waals surface area contributed by atoms with Crippen molar-refractivity contribution in [2.45, 2.75) is 25.3 Å². The SMILES string of the molecule is COc1ccc(C(CN)N2CCCC2)c(OCCCN(C)C)c1. The van der Waals surface area contributed by atoms with E-state index in [-0.39, 0.29) is 6.04 Å². The van der Waals surface area contributed by atoms with Crippen molar-refractivity contribution in [1.82, 2.24) is 9.80 Å². The Morgan fingerprint density at radius 1 is 1.26 bits per heavy atom. The van der Waals surface area contributed by atoms with E-state index < -0.39 is 0 Å². The molecule has 1 atom stereocenters. The molecule has 0 spiro atoms. The number of ether oxygens (including phenoxy) is 2. The van der Waals surface area contributed by atoms with Gasteiger partial charge in [0.15, 0.2) is 0 Å². The highest BCUT2D eigenvalue weighted by molar-refractivity contribution is 5.43. The Morgan fingerprint density at radius 2 is 2.00 bits per heavy atom. The zero-order valence-corrected chi connectivity index (χ0v) is 14.8. The number of hydrogen-bond donors (Lipinski definition) is 1. The average molecular weight is 321 g/mol. The van der Waals surface area contributed by atoms with Crippen LogP contribution >= 0.6 is 0 Å². The van der Waals surface area contributed by atoms with Gasteiger partial charge in [-0.1, -0.05) is 6.07 Å². The maximum Gasteiger partial charge on any atom is 0.127 e. The van der Waals surface area contributed by atoms with Gasteiger partial charge in [0, 0.05) is 24.7 Å². The standard InChI is InChI=1S/C18H31N3O2/c1-20(2)9-6-12-23-18-13-15(22-3)7-8-16(18)17(14-19)21-10-4-5-11-21/h7-8,13,17H,4-6,9-12,14,19H2,1-3H3. The Bertz CT molecular complexity index is 473. The van der Waals surface area contributed by atoms with E-state index in [2.05, 4.69) is 30.0 Å². The van der Waals surface area contributed by atoms with Crippen LogP contribution in [0.2, 0.25) is 0 Å². The smallest absolute Gasteiger partial charge is 0.127 e. The quantitative estimate of drug-likeness (QED) is 0.706. The van der Waals surface area contributed by atoms with E-state index in [9.17, 15) is 0 Å². The summed E-state index contributed by atoms with van der Waals surface area (Å²) in [4.78, 5) is 4.64. The molecule has 1 saturated heterocycles. The van der Waals surface area contributed by atoms with Gasteiger partial charge in [-0.3, -0.25) is 4.90 Å². The summed E-state index contributed by atoms with van der Waals surface area (Å²) in [6.45, 7) is 4.57. The Labute approximate surface area is 140 Å². The van der Waals surface area contributed by atoms with Crippen molar-refractivity contribution >= 4 is 0 Å². The number of nitrogens with zero attached hydrogens (tertiary/aromatic N) is 2. The highest BCUT2D eigenvalue weighted by Crippen LogP contribution is 2.34. The third kappa shape index (κ3) is 5.09. The molecule has 1 unspecified atom stereocenters. The minimum absolute atomic E-state index is 0.229. The summed E-state index contributed by atoms with van der Waals surface area (Å²) < 4.78 is 11.4. The second kappa shape index (κ2) is 9.11. The Hall–Kier alpha value is -1.30. The lowest BCUT2D eigenvalue weighted by Crippen LogP contribution is -2.31. The number of methoxy groups -OCH3 is 1. The number of benzene rings is 1. The second-order valence-electron chi connectivity index (χ2n) is 6.40. The molecule has 0 bridgehead atoms. The average Bonchev–Trinajstić information content (AvgIpc) is 3.07. The fourth-order valence-electron chi connectivity index (χ4n) is 3.13. The van der Waals surface area contributed by atoms with Crippen molar-refractivity contribution in [3.8, 4) is 11.5 Å². The fourth-order valence-corrected chi connectivity index (χ4v) is 3.13. The fraction of sp³-hybridized carbons (Fsp3) is 0.667. The lowest BCUT2D eigenvalue weighted by Gasteiger charge is -2.28. The first-order valence-electron chi connectivity index (χ1n) is 8.55. The first-order chi connectivity index (χ1) is 11.2. The summed E-state index contributed by atoms with van der Waals surface area (Å²) in [5.41, 5.74) is 7.26. The van der Waals surface area contributed by atoms with Crippen LogP contribution in [0, 0.1) is 0 Å². The van der Waals surface area contributed by atoms with E-state index >= 15 is 0 Å². The van der Waals surface area contributed by atoms with Crippen LogP contribution < -0.4 is 15.2 Å². The molecule has 1 fully saturated rings. The van der Waals surface area contributed by atoms with Crippen LogP contribution in [0.3, 0.4) is 0 Å². The van der Waals surface area contributed by atoms with Gasteiger partial charge in [-0.25, -0.2) is 0 Å². The topological polar surface area (TPSA) is 51.0 Å². The number of rotatable bonds is 9. The van der Waals surface area contributed by atoms with Gasteiger partial charge < -0.3 is 20.1 Å². The van der Waals surface area contributed by atoms with Crippen LogP contribution in [-0.4, -0.2) is 63.8 Å². The molecule has 130 valence electrons. The number of hydrogen-bond acceptors (Lipinski definition) is 5. The van der Waals surface area contributed by atoms with E-state index in [4.69, 9.17) is 15.2 Å². The molecule has 1 aromatic rings. The molecule has 1 aromatic carbocycles. The molecule has 0 radical (unpaired) electrons. The second-order valence-corrected chi connectivity index (χ2v) is 6.40. The largest absolute Gasteiger partial charge is 0.497 e. The van der Waals surface area contributed by atoms with E-state index in [1.54, 1.807) is 7.11 Å². The zero-order valence-electron chi connectivity index (χ0n) is 14.8. The number of likely N-dealkylation sites (tertiary alicyclic amines) is 1. The van der Waals surface area contributed by atoms with Gasteiger partial charge in [0.2, 0.25) is 0 Å². The molecular weight excluding hydrogens is 290 g/mol. The van der Waals surface area contributed by atoms with Crippen LogP contribution in [0.5, 0.6) is 11.5 Å². The van der Waals surface area contributed by atoms with Gasteiger partial charge in [0.05, 0.1) is 19.8 Å². The Morgan fingerprint density at radius 3 is 2.61 bits per heavy atom. The predicted octanol–water partition coefficient (Wildman–Crippen LogP) is 2.12. The summed E-state index contributed by atoms with van der Waals surface area (Å²) >= 11 is 0. The van der Waals surface area contributed by atoms with Crippen LogP contribution in [-0.2, 0) is 0 Å². The highest BCUT2D eigenvalue weighted by atomic mass is 16.5. The van der Waals surface area contributed by atoms with Crippen LogP contribution in [0.1, 0.15) is 30.9 Å². The first kappa shape index (κ1) is 18.0. The normalized spacial score (nSPS) is 16.7. The lowest BCUT2D eigenvalue weighted by atomic mass is 10.0. The third-order valence-electron chi connectivity index (χ3n) is 4.39. The maximum atomic E-state index is 6.08. The predicted molar refractivity (Wildman–Crippen MR) is 94.3 cm³/mol. The molecule has 5 nitrogen and oxygen atoms in total. The summed E-state index contributed by atoms with van der Waals surface area (Å²) in [5.74, 6) is 1.74. The van der Waals surface area contributed by atoms with Crippen molar-refractivity contribution in [3.63, 3.8) is 0 Å². The Balaban J connectivity index is 2.12. The minimum Gasteiger partial charge on any atom is -0.497 e. The van der Waals surface area contributed by atoms with Gasteiger partial charge in [-0.2, -0.15) is 0 Å². The maximum absolute atomic E-state index is 6.08. The molecule has 2 rings (SSSR count). The third-order valence-corrected chi connectivity index (χ3v) is 4.39. The van der Waals surface area contributed by atoms with E-state index in [1.807, 2.05) is 12.1 Å². The summed E-state index contributed by atoms with van der Waals surface area (Å²) in [5, 5.41) is 0. The van der Waals surface area contributed by atoms with Crippen molar-refractivity contribution in [2.75, 3.05) is 54.0 Å². The van der Waals surface area contributed by atoms with Crippen molar-refractivity contribution in [3.05, 3.63) is 23.8 Å². The molecule has 2 N–H and O–H groups in total. The van der Waals surface area contributed by atoms with E-state index in [0.29, 0.717) is 13.2 Å². The molecule has 0 aromatic heterocycles. The van der Waals surface area contributed by atoms with Gasteiger partial charge in [-0.15, -0.1) is 0 Å².